The van der Waals surface area contributed by atoms with Crippen molar-refractivity contribution in [2.45, 2.75) is 20.8 Å². The SMILES string of the molecule is Cc1nc2cc(NC(=O)c3ncnc(C)c3C)ccc2o1. The van der Waals surface area contributed by atoms with Crippen molar-refractivity contribution in [2.24, 2.45) is 0 Å². The number of fused-ring (bicyclic) bond motifs is 1. The molecule has 6 nitrogen and oxygen atoms in total. The van der Waals surface area contributed by atoms with Crippen LogP contribution in [0.15, 0.2) is 28.9 Å². The van der Waals surface area contributed by atoms with E-state index in [2.05, 4.69) is 20.3 Å². The van der Waals surface area contributed by atoms with Crippen molar-refractivity contribution >= 4 is 22.7 Å². The van der Waals surface area contributed by atoms with Gasteiger partial charge in [-0.15, -0.1) is 0 Å². The third-order valence-corrected chi connectivity index (χ3v) is 3.30. The van der Waals surface area contributed by atoms with Crippen molar-refractivity contribution < 1.29 is 9.21 Å². The van der Waals surface area contributed by atoms with E-state index < -0.39 is 0 Å². The summed E-state index contributed by atoms with van der Waals surface area (Å²) in [5, 5.41) is 2.82. The van der Waals surface area contributed by atoms with Gasteiger partial charge in [0.25, 0.3) is 5.91 Å². The molecular weight excluding hydrogens is 268 g/mol. The fourth-order valence-corrected chi connectivity index (χ4v) is 2.08. The Kier molecular flexibility index (Phi) is 3.13. The van der Waals surface area contributed by atoms with Gasteiger partial charge in [0.2, 0.25) is 0 Å². The molecular formula is C15H14N4O2. The van der Waals surface area contributed by atoms with Crippen LogP contribution in [0.2, 0.25) is 0 Å². The number of benzene rings is 1. The maximum Gasteiger partial charge on any atom is 0.274 e. The van der Waals surface area contributed by atoms with Gasteiger partial charge in [0.05, 0.1) is 0 Å². The van der Waals surface area contributed by atoms with Crippen LogP contribution in [0.5, 0.6) is 0 Å². The molecule has 3 aromatic rings. The normalized spacial score (nSPS) is 10.8. The molecule has 0 saturated heterocycles. The highest BCUT2D eigenvalue weighted by molar-refractivity contribution is 6.04. The van der Waals surface area contributed by atoms with Crippen molar-refractivity contribution in [1.29, 1.82) is 0 Å². The number of oxazole rings is 1. The van der Waals surface area contributed by atoms with E-state index in [1.165, 1.54) is 6.33 Å². The first-order valence-corrected chi connectivity index (χ1v) is 6.51. The zero-order valence-electron chi connectivity index (χ0n) is 12.0. The van der Waals surface area contributed by atoms with Gasteiger partial charge in [0.1, 0.15) is 17.5 Å². The van der Waals surface area contributed by atoms with Gasteiger partial charge in [-0.1, -0.05) is 0 Å². The summed E-state index contributed by atoms with van der Waals surface area (Å²) in [6.07, 6.45) is 1.39. The Morgan fingerprint density at radius 1 is 1.19 bits per heavy atom. The standard InChI is InChI=1S/C15H14N4O2/c1-8-9(2)16-7-17-14(8)15(20)19-11-4-5-13-12(6-11)18-10(3)21-13/h4-7H,1-3H3,(H,19,20). The van der Waals surface area contributed by atoms with Crippen LogP contribution in [0.1, 0.15) is 27.6 Å². The maximum atomic E-state index is 12.3. The predicted octanol–water partition coefficient (Wildman–Crippen LogP) is 2.80. The van der Waals surface area contributed by atoms with Gasteiger partial charge in [-0.2, -0.15) is 0 Å². The molecule has 0 unspecified atom stereocenters. The second-order valence-corrected chi connectivity index (χ2v) is 4.80. The van der Waals surface area contributed by atoms with E-state index in [1.54, 1.807) is 25.1 Å². The molecule has 0 saturated carbocycles. The average Bonchev–Trinajstić information content (AvgIpc) is 2.81. The number of aromatic nitrogens is 3. The predicted molar refractivity (Wildman–Crippen MR) is 78.2 cm³/mol. The van der Waals surface area contributed by atoms with Crippen LogP contribution >= 0.6 is 0 Å². The summed E-state index contributed by atoms with van der Waals surface area (Å²) in [4.78, 5) is 24.6. The molecule has 3 rings (SSSR count). The lowest BCUT2D eigenvalue weighted by molar-refractivity contribution is 0.102. The van der Waals surface area contributed by atoms with Crippen molar-refractivity contribution in [3.8, 4) is 0 Å². The lowest BCUT2D eigenvalue weighted by Gasteiger charge is -2.07. The molecule has 0 radical (unpaired) electrons. The third kappa shape index (κ3) is 2.47. The largest absolute Gasteiger partial charge is 0.441 e. The van der Waals surface area contributed by atoms with E-state index >= 15 is 0 Å². The van der Waals surface area contributed by atoms with E-state index in [1.807, 2.05) is 13.8 Å². The minimum atomic E-state index is -0.266. The average molecular weight is 282 g/mol. The molecule has 1 amide bonds. The van der Waals surface area contributed by atoms with Crippen molar-refractivity contribution in [2.75, 3.05) is 5.32 Å². The van der Waals surface area contributed by atoms with Crippen LogP contribution in [-0.4, -0.2) is 20.9 Å². The Morgan fingerprint density at radius 3 is 2.81 bits per heavy atom. The van der Waals surface area contributed by atoms with E-state index in [0.29, 0.717) is 28.4 Å². The highest BCUT2D eigenvalue weighted by Crippen LogP contribution is 2.20. The number of hydrogen-bond acceptors (Lipinski definition) is 5. The van der Waals surface area contributed by atoms with E-state index in [0.717, 1.165) is 11.3 Å². The number of amides is 1. The number of carbonyl (C=O) groups is 1. The molecule has 1 N–H and O–H groups in total. The zero-order chi connectivity index (χ0) is 15.0. The summed E-state index contributed by atoms with van der Waals surface area (Å²) < 4.78 is 5.40. The van der Waals surface area contributed by atoms with E-state index in [4.69, 9.17) is 4.42 Å². The number of nitrogens with zero attached hydrogens (tertiary/aromatic N) is 3. The molecule has 0 aliphatic rings. The summed E-state index contributed by atoms with van der Waals surface area (Å²) >= 11 is 0. The maximum absolute atomic E-state index is 12.3. The van der Waals surface area contributed by atoms with Crippen molar-refractivity contribution in [3.05, 3.63) is 47.4 Å². The van der Waals surface area contributed by atoms with Crippen LogP contribution < -0.4 is 5.32 Å². The molecule has 2 aromatic heterocycles. The molecule has 106 valence electrons. The van der Waals surface area contributed by atoms with Gasteiger partial charge >= 0.3 is 0 Å². The fraction of sp³-hybridized carbons (Fsp3) is 0.200. The Bertz CT molecular complexity index is 839. The monoisotopic (exact) mass is 282 g/mol. The lowest BCUT2D eigenvalue weighted by atomic mass is 10.2. The van der Waals surface area contributed by atoms with Gasteiger partial charge in [0, 0.05) is 23.9 Å². The van der Waals surface area contributed by atoms with Crippen LogP contribution in [0.3, 0.4) is 0 Å². The van der Waals surface area contributed by atoms with Gasteiger partial charge in [-0.05, 0) is 32.0 Å². The number of hydrogen-bond donors (Lipinski definition) is 1. The quantitative estimate of drug-likeness (QED) is 0.781. The first-order valence-electron chi connectivity index (χ1n) is 6.51. The minimum Gasteiger partial charge on any atom is -0.441 e. The van der Waals surface area contributed by atoms with Crippen LogP contribution in [0.4, 0.5) is 5.69 Å². The molecule has 6 heteroatoms. The number of rotatable bonds is 2. The van der Waals surface area contributed by atoms with Crippen molar-refractivity contribution in [1.82, 2.24) is 15.0 Å². The second-order valence-electron chi connectivity index (χ2n) is 4.80. The third-order valence-electron chi connectivity index (χ3n) is 3.30. The van der Waals surface area contributed by atoms with Gasteiger partial charge < -0.3 is 9.73 Å². The highest BCUT2D eigenvalue weighted by atomic mass is 16.3. The van der Waals surface area contributed by atoms with E-state index in [9.17, 15) is 4.79 Å². The van der Waals surface area contributed by atoms with Crippen LogP contribution in [0.25, 0.3) is 11.1 Å². The van der Waals surface area contributed by atoms with Gasteiger partial charge in [-0.3, -0.25) is 4.79 Å². The zero-order valence-corrected chi connectivity index (χ0v) is 12.0. The van der Waals surface area contributed by atoms with Gasteiger partial charge in [-0.25, -0.2) is 15.0 Å². The van der Waals surface area contributed by atoms with Crippen molar-refractivity contribution in [3.63, 3.8) is 0 Å². The molecule has 0 aliphatic carbocycles. The Balaban J connectivity index is 1.90. The summed E-state index contributed by atoms with van der Waals surface area (Å²) in [5.74, 6) is 0.327. The number of carbonyl (C=O) groups excluding carboxylic acids is 1. The first kappa shape index (κ1) is 13.2. The molecule has 0 atom stereocenters. The molecule has 0 spiro atoms. The Morgan fingerprint density at radius 2 is 2.00 bits per heavy atom. The summed E-state index contributed by atoms with van der Waals surface area (Å²) in [6, 6.07) is 5.32. The Labute approximate surface area is 121 Å². The smallest absolute Gasteiger partial charge is 0.274 e. The summed E-state index contributed by atoms with van der Waals surface area (Å²) in [6.45, 7) is 5.46. The number of anilines is 1. The first-order chi connectivity index (χ1) is 10.0. The summed E-state index contributed by atoms with van der Waals surface area (Å²) in [5.41, 5.74) is 3.99. The molecule has 0 bridgehead atoms. The Hall–Kier alpha value is -2.76. The minimum absolute atomic E-state index is 0.266. The lowest BCUT2D eigenvalue weighted by Crippen LogP contribution is -2.16. The molecule has 2 heterocycles. The van der Waals surface area contributed by atoms with Crippen LogP contribution in [-0.2, 0) is 0 Å². The van der Waals surface area contributed by atoms with Gasteiger partial charge in [0.15, 0.2) is 11.5 Å². The fourth-order valence-electron chi connectivity index (χ4n) is 2.08. The second kappa shape index (κ2) is 4.97. The number of nitrogens with one attached hydrogen (secondary N) is 1. The molecule has 0 aliphatic heterocycles. The molecule has 0 fully saturated rings. The van der Waals surface area contributed by atoms with Crippen LogP contribution in [0, 0.1) is 20.8 Å². The summed E-state index contributed by atoms with van der Waals surface area (Å²) in [7, 11) is 0. The number of aryl methyl sites for hydroxylation is 2. The molecule has 1 aromatic carbocycles. The topological polar surface area (TPSA) is 80.9 Å². The highest BCUT2D eigenvalue weighted by Gasteiger charge is 2.13. The van der Waals surface area contributed by atoms with E-state index in [-0.39, 0.29) is 5.91 Å². The molecule has 21 heavy (non-hydrogen) atoms.